The first kappa shape index (κ1) is 27.6. The number of rotatable bonds is 10. The summed E-state index contributed by atoms with van der Waals surface area (Å²) in [7, 11) is 3.14. The zero-order chi connectivity index (χ0) is 27.6. The smallest absolute Gasteiger partial charge is 0.271 e. The van der Waals surface area contributed by atoms with Gasteiger partial charge in [0.05, 0.1) is 19.9 Å². The molecule has 204 valence electrons. The van der Waals surface area contributed by atoms with E-state index in [0.717, 1.165) is 25.2 Å². The van der Waals surface area contributed by atoms with Gasteiger partial charge in [0.25, 0.3) is 11.8 Å². The molecule has 2 aromatic carbocycles. The van der Waals surface area contributed by atoms with Crippen LogP contribution in [-0.2, 0) is 4.79 Å². The van der Waals surface area contributed by atoms with Crippen molar-refractivity contribution in [3.63, 3.8) is 0 Å². The molecule has 1 aliphatic heterocycles. The maximum Gasteiger partial charge on any atom is 0.271 e. The molecule has 1 fully saturated rings. The van der Waals surface area contributed by atoms with Crippen molar-refractivity contribution >= 4 is 23.6 Å². The van der Waals surface area contributed by atoms with Crippen LogP contribution in [0.5, 0.6) is 11.5 Å². The molecule has 0 saturated carbocycles. The molecule has 0 atom stereocenters. The van der Waals surface area contributed by atoms with E-state index in [2.05, 4.69) is 25.5 Å². The molecule has 1 aliphatic rings. The Labute approximate surface area is 228 Å². The highest BCUT2D eigenvalue weighted by atomic mass is 16.5. The Morgan fingerprint density at radius 1 is 1.00 bits per heavy atom. The maximum atomic E-state index is 12.7. The van der Waals surface area contributed by atoms with E-state index >= 15 is 0 Å². The van der Waals surface area contributed by atoms with E-state index in [1.54, 1.807) is 56.8 Å². The summed E-state index contributed by atoms with van der Waals surface area (Å²) in [6.45, 7) is 3.65. The Morgan fingerprint density at radius 2 is 1.74 bits per heavy atom. The van der Waals surface area contributed by atoms with Gasteiger partial charge in [0.1, 0.15) is 5.70 Å². The van der Waals surface area contributed by atoms with Gasteiger partial charge in [0, 0.05) is 42.2 Å². The van der Waals surface area contributed by atoms with E-state index in [1.165, 1.54) is 25.3 Å². The highest BCUT2D eigenvalue weighted by Gasteiger charge is 2.13. The lowest BCUT2D eigenvalue weighted by Crippen LogP contribution is -2.37. The Hall–Kier alpha value is -4.44. The average Bonchev–Trinajstić information content (AvgIpc) is 2.97. The fourth-order valence-electron chi connectivity index (χ4n) is 4.33. The van der Waals surface area contributed by atoms with Gasteiger partial charge in [0.15, 0.2) is 17.3 Å². The topological polar surface area (TPSA) is 132 Å². The van der Waals surface area contributed by atoms with Crippen LogP contribution in [0.4, 0.5) is 5.69 Å². The number of hydrogen-bond acceptors (Lipinski definition) is 8. The van der Waals surface area contributed by atoms with Gasteiger partial charge in [-0.25, -0.2) is 9.97 Å². The van der Waals surface area contributed by atoms with Gasteiger partial charge in [-0.05, 0) is 74.5 Å². The quantitative estimate of drug-likeness (QED) is 0.340. The Morgan fingerprint density at radius 3 is 2.46 bits per heavy atom. The van der Waals surface area contributed by atoms with Crippen molar-refractivity contribution in [1.82, 2.24) is 20.2 Å². The van der Waals surface area contributed by atoms with E-state index in [-0.39, 0.29) is 17.4 Å². The summed E-state index contributed by atoms with van der Waals surface area (Å²) in [5.74, 6) is 0.819. The van der Waals surface area contributed by atoms with Crippen LogP contribution in [-0.4, -0.2) is 67.1 Å². The molecule has 3 aromatic rings. The molecule has 2 heterocycles. The van der Waals surface area contributed by atoms with Crippen LogP contribution in [0, 0.1) is 0 Å². The predicted molar refractivity (Wildman–Crippen MR) is 150 cm³/mol. The molecule has 0 spiro atoms. The number of piperidine rings is 1. The van der Waals surface area contributed by atoms with Crippen LogP contribution in [0.1, 0.15) is 35.4 Å². The molecule has 2 amide bonds. The molecule has 1 aromatic heterocycles. The third-order valence-corrected chi connectivity index (χ3v) is 6.47. The number of benzene rings is 2. The number of amides is 2. The Bertz CT molecular complexity index is 1320. The first-order chi connectivity index (χ1) is 19.0. The third kappa shape index (κ3) is 7.55. The second kappa shape index (κ2) is 13.4. The fraction of sp³-hybridized carbons (Fsp3) is 0.310. The van der Waals surface area contributed by atoms with Gasteiger partial charge in [-0.3, -0.25) is 9.59 Å². The number of likely N-dealkylation sites (tertiary alicyclic amines) is 1. The monoisotopic (exact) mass is 530 g/mol. The van der Waals surface area contributed by atoms with Crippen LogP contribution in [0.15, 0.2) is 60.4 Å². The second-order valence-corrected chi connectivity index (χ2v) is 9.16. The zero-order valence-electron chi connectivity index (χ0n) is 22.3. The van der Waals surface area contributed by atoms with Gasteiger partial charge in [-0.1, -0.05) is 6.42 Å². The Kier molecular flexibility index (Phi) is 9.47. The average molecular weight is 531 g/mol. The van der Waals surface area contributed by atoms with Gasteiger partial charge in [0.2, 0.25) is 0 Å². The maximum absolute atomic E-state index is 12.7. The van der Waals surface area contributed by atoms with E-state index in [1.807, 2.05) is 12.1 Å². The number of methoxy groups -OCH3 is 2. The lowest BCUT2D eigenvalue weighted by Gasteiger charge is -2.26. The van der Waals surface area contributed by atoms with Crippen molar-refractivity contribution in [2.24, 2.45) is 5.73 Å². The molecule has 10 heteroatoms. The van der Waals surface area contributed by atoms with Crippen LogP contribution in [0.25, 0.3) is 17.3 Å². The van der Waals surface area contributed by atoms with Crippen LogP contribution in [0.2, 0.25) is 0 Å². The zero-order valence-corrected chi connectivity index (χ0v) is 22.3. The second-order valence-electron chi connectivity index (χ2n) is 9.16. The number of ether oxygens (including phenoxy) is 2. The normalized spacial score (nSPS) is 13.9. The summed E-state index contributed by atoms with van der Waals surface area (Å²) in [6, 6.07) is 13.9. The van der Waals surface area contributed by atoms with Crippen molar-refractivity contribution in [3.8, 4) is 22.8 Å². The summed E-state index contributed by atoms with van der Waals surface area (Å²) < 4.78 is 10.6. The number of hydrogen-bond donors (Lipinski definition) is 3. The first-order valence-corrected chi connectivity index (χ1v) is 12.9. The molecule has 10 nitrogen and oxygen atoms in total. The number of carbonyl (C=O) groups excluding carboxylic acids is 2. The summed E-state index contributed by atoms with van der Waals surface area (Å²) in [4.78, 5) is 36.2. The number of carbonyl (C=O) groups is 2. The van der Waals surface area contributed by atoms with Gasteiger partial charge < -0.3 is 30.7 Å². The van der Waals surface area contributed by atoms with Crippen molar-refractivity contribution in [2.75, 3.05) is 45.7 Å². The van der Waals surface area contributed by atoms with Crippen molar-refractivity contribution in [1.29, 1.82) is 0 Å². The number of nitrogens with one attached hydrogen (secondary N) is 2. The number of aromatic nitrogens is 2. The minimum Gasteiger partial charge on any atom is -0.493 e. The minimum atomic E-state index is -0.506. The number of anilines is 1. The van der Waals surface area contributed by atoms with E-state index in [0.29, 0.717) is 35.0 Å². The van der Waals surface area contributed by atoms with E-state index in [4.69, 9.17) is 15.2 Å². The molecule has 1 saturated heterocycles. The van der Waals surface area contributed by atoms with Crippen LogP contribution in [0.3, 0.4) is 0 Å². The summed E-state index contributed by atoms with van der Waals surface area (Å²) in [5, 5.41) is 5.69. The van der Waals surface area contributed by atoms with E-state index in [9.17, 15) is 9.59 Å². The largest absolute Gasteiger partial charge is 0.493 e. The summed E-state index contributed by atoms with van der Waals surface area (Å²) >= 11 is 0. The Balaban J connectivity index is 1.34. The van der Waals surface area contributed by atoms with Crippen LogP contribution >= 0.6 is 0 Å². The SMILES string of the molecule is COc1ccc(-c2ccnc(C=C(N)C(=O)Nc3ccc(C(=O)NCCN4CCCCC4)cc3)n2)cc1OC. The fourth-order valence-corrected chi connectivity index (χ4v) is 4.33. The molecular formula is C29H34N6O4. The summed E-state index contributed by atoms with van der Waals surface area (Å²) in [6.07, 6.45) is 6.73. The van der Waals surface area contributed by atoms with Gasteiger partial charge >= 0.3 is 0 Å². The summed E-state index contributed by atoms with van der Waals surface area (Å²) in [5.41, 5.74) is 8.44. The lowest BCUT2D eigenvalue weighted by atomic mass is 10.1. The molecule has 0 unspecified atom stereocenters. The molecule has 4 rings (SSSR count). The van der Waals surface area contributed by atoms with E-state index < -0.39 is 5.91 Å². The highest BCUT2D eigenvalue weighted by Crippen LogP contribution is 2.31. The van der Waals surface area contributed by atoms with Gasteiger partial charge in [-0.2, -0.15) is 0 Å². The number of nitrogens with zero attached hydrogens (tertiary/aromatic N) is 3. The van der Waals surface area contributed by atoms with Crippen molar-refractivity contribution in [2.45, 2.75) is 19.3 Å². The lowest BCUT2D eigenvalue weighted by molar-refractivity contribution is -0.112. The highest BCUT2D eigenvalue weighted by molar-refractivity contribution is 6.06. The van der Waals surface area contributed by atoms with Crippen molar-refractivity contribution < 1.29 is 19.1 Å². The van der Waals surface area contributed by atoms with Gasteiger partial charge in [-0.15, -0.1) is 0 Å². The van der Waals surface area contributed by atoms with Crippen LogP contribution < -0.4 is 25.8 Å². The first-order valence-electron chi connectivity index (χ1n) is 12.9. The van der Waals surface area contributed by atoms with Crippen molar-refractivity contribution in [3.05, 3.63) is 71.8 Å². The molecule has 0 bridgehead atoms. The molecule has 4 N–H and O–H groups in total. The minimum absolute atomic E-state index is 0.0565. The third-order valence-electron chi connectivity index (χ3n) is 6.47. The predicted octanol–water partition coefficient (Wildman–Crippen LogP) is 3.31. The molecule has 39 heavy (non-hydrogen) atoms. The standard InChI is InChI=1S/C29H34N6O4/c1-38-25-11-8-21(18-26(25)39-2)24-12-13-31-27(34-24)19-23(30)29(37)33-22-9-6-20(7-10-22)28(36)32-14-17-35-15-4-3-5-16-35/h6-13,18-19H,3-5,14-17,30H2,1-2H3,(H,32,36)(H,33,37). The number of nitrogens with two attached hydrogens (primary N) is 1. The molecule has 0 radical (unpaired) electrons. The molecular weight excluding hydrogens is 496 g/mol. The molecule has 0 aliphatic carbocycles.